The zero-order valence-corrected chi connectivity index (χ0v) is 11.6. The highest BCUT2D eigenvalue weighted by Gasteiger charge is 2.44. The Morgan fingerprint density at radius 1 is 1.55 bits per heavy atom. The molecule has 0 radical (unpaired) electrons. The number of hydrogen-bond acceptors (Lipinski definition) is 4. The smallest absolute Gasteiger partial charge is 0.311 e. The van der Waals surface area contributed by atoms with Gasteiger partial charge in [0, 0.05) is 19.2 Å². The van der Waals surface area contributed by atoms with Crippen LogP contribution in [-0.2, 0) is 4.79 Å². The molecular formula is C14H18N2O4. The summed E-state index contributed by atoms with van der Waals surface area (Å²) in [4.78, 5) is 24.1. The number of anilines is 1. The molecule has 2 rings (SSSR count). The number of carboxylic acid groups (broad SMARTS) is 1. The number of hydrogen-bond donors (Lipinski definition) is 1. The number of aliphatic carboxylic acids is 1. The summed E-state index contributed by atoms with van der Waals surface area (Å²) in [5, 5.41) is 20.6. The minimum Gasteiger partial charge on any atom is -0.481 e. The van der Waals surface area contributed by atoms with Crippen molar-refractivity contribution in [2.24, 2.45) is 5.41 Å². The molecule has 0 amide bonds. The van der Waals surface area contributed by atoms with Crippen LogP contribution in [0.4, 0.5) is 11.4 Å². The Balaban J connectivity index is 2.40. The maximum absolute atomic E-state index is 11.5. The lowest BCUT2D eigenvalue weighted by molar-refractivity contribution is -0.384. The van der Waals surface area contributed by atoms with E-state index in [2.05, 4.69) is 0 Å². The third kappa shape index (κ3) is 2.21. The lowest BCUT2D eigenvalue weighted by Crippen LogP contribution is -2.34. The predicted molar refractivity (Wildman–Crippen MR) is 75.0 cm³/mol. The molecule has 1 unspecified atom stereocenters. The molecule has 20 heavy (non-hydrogen) atoms. The van der Waals surface area contributed by atoms with Crippen molar-refractivity contribution in [3.63, 3.8) is 0 Å². The first-order valence-electron chi connectivity index (χ1n) is 6.63. The van der Waals surface area contributed by atoms with Crippen LogP contribution in [0.1, 0.15) is 25.3 Å². The van der Waals surface area contributed by atoms with Crippen molar-refractivity contribution in [2.45, 2.75) is 26.7 Å². The summed E-state index contributed by atoms with van der Waals surface area (Å²) in [6.45, 7) is 4.52. The number of rotatable bonds is 4. The van der Waals surface area contributed by atoms with E-state index in [1.165, 1.54) is 6.07 Å². The zero-order valence-electron chi connectivity index (χ0n) is 11.6. The van der Waals surface area contributed by atoms with Crippen molar-refractivity contribution in [1.29, 1.82) is 0 Å². The molecule has 1 N–H and O–H groups in total. The van der Waals surface area contributed by atoms with E-state index in [1.54, 1.807) is 6.07 Å². The summed E-state index contributed by atoms with van der Waals surface area (Å²) in [6.07, 6.45) is 1.04. The lowest BCUT2D eigenvalue weighted by atomic mass is 9.84. The van der Waals surface area contributed by atoms with Gasteiger partial charge >= 0.3 is 5.97 Å². The second-order valence-electron chi connectivity index (χ2n) is 5.31. The standard InChI is InChI=1S/C14H18N2O4/c1-3-14(13(17)18)7-8-15(9-14)12-10(2)5-4-6-11(12)16(19)20/h4-6H,3,7-9H2,1-2H3,(H,17,18). The number of nitro benzene ring substituents is 1. The fourth-order valence-electron chi connectivity index (χ4n) is 2.88. The summed E-state index contributed by atoms with van der Waals surface area (Å²) in [7, 11) is 0. The molecule has 1 aliphatic rings. The topological polar surface area (TPSA) is 83.7 Å². The van der Waals surface area contributed by atoms with Crippen molar-refractivity contribution in [3.05, 3.63) is 33.9 Å². The Morgan fingerprint density at radius 2 is 2.25 bits per heavy atom. The van der Waals surface area contributed by atoms with Crippen molar-refractivity contribution < 1.29 is 14.8 Å². The summed E-state index contributed by atoms with van der Waals surface area (Å²) in [5.41, 5.74) is 0.601. The zero-order chi connectivity index (χ0) is 14.9. The first-order chi connectivity index (χ1) is 9.41. The van der Waals surface area contributed by atoms with Crippen LogP contribution >= 0.6 is 0 Å². The van der Waals surface area contributed by atoms with Crippen LogP contribution in [0, 0.1) is 22.5 Å². The van der Waals surface area contributed by atoms with E-state index in [9.17, 15) is 20.0 Å². The average molecular weight is 278 g/mol. The summed E-state index contributed by atoms with van der Waals surface area (Å²) >= 11 is 0. The maximum atomic E-state index is 11.5. The first-order valence-corrected chi connectivity index (χ1v) is 6.63. The van der Waals surface area contributed by atoms with Gasteiger partial charge in [-0.2, -0.15) is 0 Å². The molecule has 1 saturated heterocycles. The van der Waals surface area contributed by atoms with Gasteiger partial charge < -0.3 is 10.0 Å². The van der Waals surface area contributed by atoms with Crippen molar-refractivity contribution in [2.75, 3.05) is 18.0 Å². The summed E-state index contributed by atoms with van der Waals surface area (Å²) < 4.78 is 0. The second-order valence-corrected chi connectivity index (χ2v) is 5.31. The predicted octanol–water partition coefficient (Wildman–Crippen LogP) is 2.59. The Labute approximate surface area is 117 Å². The Bertz CT molecular complexity index is 558. The molecule has 1 aliphatic heterocycles. The molecule has 1 fully saturated rings. The molecule has 0 bridgehead atoms. The number of benzene rings is 1. The monoisotopic (exact) mass is 278 g/mol. The Morgan fingerprint density at radius 3 is 2.75 bits per heavy atom. The van der Waals surface area contributed by atoms with Crippen molar-refractivity contribution in [1.82, 2.24) is 0 Å². The van der Waals surface area contributed by atoms with E-state index >= 15 is 0 Å². The quantitative estimate of drug-likeness (QED) is 0.676. The van der Waals surface area contributed by atoms with Gasteiger partial charge in [-0.25, -0.2) is 0 Å². The third-order valence-electron chi connectivity index (χ3n) is 4.21. The number of aryl methyl sites for hydroxylation is 1. The van der Waals surface area contributed by atoms with E-state index in [0.717, 1.165) is 5.56 Å². The fourth-order valence-corrected chi connectivity index (χ4v) is 2.88. The number of nitrogens with zero attached hydrogens (tertiary/aromatic N) is 2. The lowest BCUT2D eigenvalue weighted by Gasteiger charge is -2.25. The van der Waals surface area contributed by atoms with E-state index in [1.807, 2.05) is 24.8 Å². The molecule has 6 nitrogen and oxygen atoms in total. The molecule has 0 spiro atoms. The van der Waals surface area contributed by atoms with E-state index in [-0.39, 0.29) is 5.69 Å². The Hall–Kier alpha value is -2.11. The Kier molecular flexibility index (Phi) is 3.65. The average Bonchev–Trinajstić information content (AvgIpc) is 2.83. The van der Waals surface area contributed by atoms with Gasteiger partial charge in [-0.3, -0.25) is 14.9 Å². The van der Waals surface area contributed by atoms with Crippen molar-refractivity contribution in [3.8, 4) is 0 Å². The normalized spacial score (nSPS) is 22.0. The number of nitro groups is 1. The third-order valence-corrected chi connectivity index (χ3v) is 4.21. The van der Waals surface area contributed by atoms with Gasteiger partial charge in [0.15, 0.2) is 0 Å². The SMILES string of the molecule is CCC1(C(=O)O)CCN(c2c(C)cccc2[N+](=O)[O-])C1. The van der Waals surface area contributed by atoms with Crippen LogP contribution in [-0.4, -0.2) is 29.1 Å². The molecule has 1 atom stereocenters. The van der Waals surface area contributed by atoms with Crippen LogP contribution < -0.4 is 4.90 Å². The van der Waals surface area contributed by atoms with Gasteiger partial charge in [-0.05, 0) is 25.3 Å². The molecule has 0 aliphatic carbocycles. The van der Waals surface area contributed by atoms with Crippen LogP contribution in [0.25, 0.3) is 0 Å². The second kappa shape index (κ2) is 5.11. The van der Waals surface area contributed by atoms with Crippen LogP contribution in [0.5, 0.6) is 0 Å². The molecule has 1 heterocycles. The molecule has 1 aromatic carbocycles. The fraction of sp³-hybridized carbons (Fsp3) is 0.500. The van der Waals surface area contributed by atoms with Crippen LogP contribution in [0.3, 0.4) is 0 Å². The molecule has 6 heteroatoms. The maximum Gasteiger partial charge on any atom is 0.311 e. The van der Waals surface area contributed by atoms with Gasteiger partial charge in [0.25, 0.3) is 5.69 Å². The van der Waals surface area contributed by atoms with Gasteiger partial charge in [0.1, 0.15) is 5.69 Å². The van der Waals surface area contributed by atoms with Crippen LogP contribution in [0.15, 0.2) is 18.2 Å². The van der Waals surface area contributed by atoms with E-state index in [0.29, 0.717) is 31.6 Å². The number of para-hydroxylation sites is 1. The highest BCUT2D eigenvalue weighted by molar-refractivity contribution is 5.78. The largest absolute Gasteiger partial charge is 0.481 e. The van der Waals surface area contributed by atoms with Gasteiger partial charge in [-0.1, -0.05) is 19.1 Å². The van der Waals surface area contributed by atoms with Crippen LogP contribution in [0.2, 0.25) is 0 Å². The van der Waals surface area contributed by atoms with Gasteiger partial charge in [0.2, 0.25) is 0 Å². The minimum atomic E-state index is -0.821. The number of carbonyl (C=O) groups is 1. The van der Waals surface area contributed by atoms with Gasteiger partial charge in [0.05, 0.1) is 10.3 Å². The van der Waals surface area contributed by atoms with E-state index in [4.69, 9.17) is 0 Å². The molecule has 1 aromatic rings. The highest BCUT2D eigenvalue weighted by atomic mass is 16.6. The van der Waals surface area contributed by atoms with E-state index < -0.39 is 16.3 Å². The summed E-state index contributed by atoms with van der Waals surface area (Å²) in [6, 6.07) is 4.93. The number of carboxylic acids is 1. The first kappa shape index (κ1) is 14.3. The summed E-state index contributed by atoms with van der Waals surface area (Å²) in [5.74, 6) is -0.821. The molecular weight excluding hydrogens is 260 g/mol. The van der Waals surface area contributed by atoms with Crippen molar-refractivity contribution >= 4 is 17.3 Å². The molecule has 0 saturated carbocycles. The van der Waals surface area contributed by atoms with Gasteiger partial charge in [-0.15, -0.1) is 0 Å². The molecule has 0 aromatic heterocycles. The minimum absolute atomic E-state index is 0.0438. The highest BCUT2D eigenvalue weighted by Crippen LogP contribution is 2.41. The molecule has 108 valence electrons.